The van der Waals surface area contributed by atoms with Crippen LogP contribution >= 0.6 is 0 Å². The van der Waals surface area contributed by atoms with E-state index in [4.69, 9.17) is 26.5 Å². The van der Waals surface area contributed by atoms with Crippen molar-refractivity contribution < 1.29 is 66.8 Å². The predicted molar refractivity (Wildman–Crippen MR) is 228 cm³/mol. The highest BCUT2D eigenvalue weighted by Crippen LogP contribution is 2.14. The number of primary amides is 1. The first-order valence-electron chi connectivity index (χ1n) is 21.8. The van der Waals surface area contributed by atoms with E-state index < -0.39 is 72.4 Å². The van der Waals surface area contributed by atoms with Gasteiger partial charge >= 0.3 is 24.1 Å². The minimum absolute atomic E-state index is 0.0559. The molecule has 0 fully saturated rings. The molecule has 11 N–H and O–H groups in total. The van der Waals surface area contributed by atoms with Gasteiger partial charge in [-0.3, -0.25) is 28.8 Å². The van der Waals surface area contributed by atoms with Gasteiger partial charge in [-0.2, -0.15) is 13.2 Å². The lowest BCUT2D eigenvalue weighted by Crippen LogP contribution is -2.55. The van der Waals surface area contributed by atoms with Gasteiger partial charge in [0.1, 0.15) is 18.1 Å². The van der Waals surface area contributed by atoms with Gasteiger partial charge in [0, 0.05) is 32.2 Å². The summed E-state index contributed by atoms with van der Waals surface area (Å²) in [5, 5.41) is 36.0. The van der Waals surface area contributed by atoms with E-state index in [-0.39, 0.29) is 56.9 Å². The normalized spacial score (nSPS) is 12.9. The van der Waals surface area contributed by atoms with Gasteiger partial charge in [-0.25, -0.2) is 9.59 Å². The van der Waals surface area contributed by atoms with Crippen molar-refractivity contribution in [1.82, 2.24) is 21.3 Å². The fourth-order valence-electron chi connectivity index (χ4n) is 6.20. The van der Waals surface area contributed by atoms with E-state index in [1.165, 1.54) is 57.8 Å². The summed E-state index contributed by atoms with van der Waals surface area (Å²) in [4.78, 5) is 94.5. The number of hydrogen-bond donors (Lipinski definition) is 9. The van der Waals surface area contributed by atoms with E-state index >= 15 is 0 Å². The van der Waals surface area contributed by atoms with Crippen LogP contribution in [0.25, 0.3) is 0 Å². The van der Waals surface area contributed by atoms with E-state index in [1.807, 2.05) is 0 Å². The van der Waals surface area contributed by atoms with Gasteiger partial charge in [0.25, 0.3) is 0 Å². The Morgan fingerprint density at radius 1 is 0.603 bits per heavy atom. The molecule has 0 bridgehead atoms. The lowest BCUT2D eigenvalue weighted by molar-refractivity contribution is -0.192. The van der Waals surface area contributed by atoms with Gasteiger partial charge in [0.15, 0.2) is 0 Å². The SMILES string of the molecule is CCCCCCCCCCCCCCCC(=O)N[C@@H](CCC(=O)NCCCC[C@H](N)C(=O)N[C@@H](CCC(=O)O)C(=O)N[C@@H](Cc1ccccc1)C(N)=O)C(=O)O.O=C(O)C(F)(F)F. The molecular formula is C43H69F3N6O11. The summed E-state index contributed by atoms with van der Waals surface area (Å²) in [6, 6.07) is 4.26. The summed E-state index contributed by atoms with van der Waals surface area (Å²) >= 11 is 0. The van der Waals surface area contributed by atoms with E-state index in [1.54, 1.807) is 30.3 Å². The largest absolute Gasteiger partial charge is 0.490 e. The number of carboxylic acids is 3. The second-order valence-corrected chi connectivity index (χ2v) is 15.4. The molecule has 4 atom stereocenters. The van der Waals surface area contributed by atoms with Crippen molar-refractivity contribution in [3.05, 3.63) is 35.9 Å². The Kier molecular flexibility index (Phi) is 31.4. The van der Waals surface area contributed by atoms with Crippen molar-refractivity contribution >= 4 is 47.4 Å². The second-order valence-electron chi connectivity index (χ2n) is 15.4. The van der Waals surface area contributed by atoms with E-state index in [0.29, 0.717) is 19.3 Å². The summed E-state index contributed by atoms with van der Waals surface area (Å²) < 4.78 is 31.7. The molecule has 0 radical (unpaired) electrons. The average molecular weight is 903 g/mol. The number of benzene rings is 1. The van der Waals surface area contributed by atoms with Gasteiger partial charge in [0.2, 0.25) is 29.5 Å². The topological polar surface area (TPSA) is 297 Å². The van der Waals surface area contributed by atoms with Crippen LogP contribution in [0.5, 0.6) is 0 Å². The number of halogens is 3. The summed E-state index contributed by atoms with van der Waals surface area (Å²) in [6.07, 6.45) is 10.9. The number of amides is 5. The average Bonchev–Trinajstić information content (AvgIpc) is 3.22. The van der Waals surface area contributed by atoms with Gasteiger partial charge in [-0.05, 0) is 44.1 Å². The van der Waals surface area contributed by atoms with Crippen LogP contribution in [0.2, 0.25) is 0 Å². The Bertz CT molecular complexity index is 1540. The first kappa shape index (κ1) is 57.7. The second kappa shape index (κ2) is 34.2. The molecule has 358 valence electrons. The van der Waals surface area contributed by atoms with Crippen molar-refractivity contribution in [2.75, 3.05) is 6.54 Å². The molecule has 0 aliphatic heterocycles. The minimum Gasteiger partial charge on any atom is -0.481 e. The summed E-state index contributed by atoms with van der Waals surface area (Å²) in [6.45, 7) is 2.47. The molecule has 0 aliphatic carbocycles. The van der Waals surface area contributed by atoms with Crippen molar-refractivity contribution in [2.45, 2.75) is 179 Å². The minimum atomic E-state index is -5.08. The van der Waals surface area contributed by atoms with Crippen molar-refractivity contribution in [1.29, 1.82) is 0 Å². The highest BCUT2D eigenvalue weighted by Gasteiger charge is 2.38. The maximum atomic E-state index is 13.0. The number of carbonyl (C=O) groups is 8. The Balaban J connectivity index is 0.00000503. The molecule has 17 nitrogen and oxygen atoms in total. The van der Waals surface area contributed by atoms with Crippen LogP contribution in [-0.4, -0.2) is 99.7 Å². The zero-order chi connectivity index (χ0) is 47.6. The Morgan fingerprint density at radius 2 is 1.11 bits per heavy atom. The van der Waals surface area contributed by atoms with Gasteiger partial charge in [0.05, 0.1) is 6.04 Å². The quantitative estimate of drug-likeness (QED) is 0.0428. The van der Waals surface area contributed by atoms with Crippen LogP contribution in [0.1, 0.15) is 147 Å². The monoisotopic (exact) mass is 902 g/mol. The summed E-state index contributed by atoms with van der Waals surface area (Å²) in [5.74, 6) is -8.10. The molecule has 20 heteroatoms. The third kappa shape index (κ3) is 31.3. The molecule has 0 saturated heterocycles. The smallest absolute Gasteiger partial charge is 0.481 e. The van der Waals surface area contributed by atoms with Crippen LogP contribution in [0.3, 0.4) is 0 Å². The standard InChI is InChI=1S/C41H68N6O9.C2HF3O2/c1-2-3-4-5-6-7-8-9-10-11-12-13-17-23-36(49)45-33(41(55)56)24-26-35(48)44-28-19-18-22-31(42)39(53)46-32(25-27-37(50)51)40(54)47-34(38(43)52)29-30-20-15-14-16-21-30;3-2(4,5)1(6)7/h14-16,20-21,31-34H,2-13,17-19,22-29,42H2,1H3,(H2,43,52)(H,44,48)(H,45,49)(H,46,53)(H,47,54)(H,50,51)(H,55,56);(H,6,7)/t31-,32-,33-,34-;/m0./s1. The first-order valence-corrected chi connectivity index (χ1v) is 21.8. The molecule has 5 amide bonds. The number of nitrogens with two attached hydrogens (primary N) is 2. The maximum Gasteiger partial charge on any atom is 0.490 e. The van der Waals surface area contributed by atoms with E-state index in [9.17, 15) is 51.8 Å². The number of nitrogens with one attached hydrogen (secondary N) is 4. The fourth-order valence-corrected chi connectivity index (χ4v) is 6.20. The van der Waals surface area contributed by atoms with Gasteiger partial charge in [-0.1, -0.05) is 114 Å². The number of aliphatic carboxylic acids is 3. The first-order chi connectivity index (χ1) is 29.8. The zero-order valence-electron chi connectivity index (χ0n) is 36.4. The van der Waals surface area contributed by atoms with Gasteiger partial charge < -0.3 is 48.1 Å². The molecule has 1 rings (SSSR count). The molecule has 0 aliphatic rings. The lowest BCUT2D eigenvalue weighted by Gasteiger charge is -2.23. The number of carbonyl (C=O) groups excluding carboxylic acids is 5. The molecule has 0 spiro atoms. The highest BCUT2D eigenvalue weighted by molar-refractivity contribution is 5.93. The fraction of sp³-hybridized carbons (Fsp3) is 0.674. The summed E-state index contributed by atoms with van der Waals surface area (Å²) in [7, 11) is 0. The molecule has 1 aromatic carbocycles. The van der Waals surface area contributed by atoms with Crippen molar-refractivity contribution in [3.63, 3.8) is 0 Å². The molecular weight excluding hydrogens is 833 g/mol. The third-order valence-electron chi connectivity index (χ3n) is 9.87. The lowest BCUT2D eigenvalue weighted by atomic mass is 10.0. The van der Waals surface area contributed by atoms with Crippen LogP contribution in [0.15, 0.2) is 30.3 Å². The van der Waals surface area contributed by atoms with Crippen LogP contribution < -0.4 is 32.7 Å². The van der Waals surface area contributed by atoms with Crippen molar-refractivity contribution in [2.24, 2.45) is 11.5 Å². The molecule has 0 unspecified atom stereocenters. The van der Waals surface area contributed by atoms with E-state index in [0.717, 1.165) is 24.8 Å². The number of alkyl halides is 3. The maximum absolute atomic E-state index is 13.0. The van der Waals surface area contributed by atoms with Crippen LogP contribution in [0, 0.1) is 0 Å². The van der Waals surface area contributed by atoms with E-state index in [2.05, 4.69) is 28.2 Å². The molecule has 0 saturated carbocycles. The number of hydrogen-bond acceptors (Lipinski definition) is 9. The van der Waals surface area contributed by atoms with Crippen LogP contribution in [-0.2, 0) is 44.8 Å². The predicted octanol–water partition coefficient (Wildman–Crippen LogP) is 4.63. The number of rotatable bonds is 34. The highest BCUT2D eigenvalue weighted by atomic mass is 19.4. The molecule has 0 heterocycles. The molecule has 63 heavy (non-hydrogen) atoms. The third-order valence-corrected chi connectivity index (χ3v) is 9.87. The van der Waals surface area contributed by atoms with Crippen LogP contribution in [0.4, 0.5) is 13.2 Å². The van der Waals surface area contributed by atoms with Gasteiger partial charge in [-0.15, -0.1) is 0 Å². The zero-order valence-corrected chi connectivity index (χ0v) is 36.4. The Labute approximate surface area is 367 Å². The Morgan fingerprint density at radius 3 is 1.60 bits per heavy atom. The Hall–Kier alpha value is -5.27. The van der Waals surface area contributed by atoms with Crippen molar-refractivity contribution in [3.8, 4) is 0 Å². The molecule has 0 aromatic heterocycles. The molecule has 1 aromatic rings. The number of carboxylic acid groups (broad SMARTS) is 3. The summed E-state index contributed by atoms with van der Waals surface area (Å²) in [5.41, 5.74) is 12.3. The number of unbranched alkanes of at least 4 members (excludes halogenated alkanes) is 13.